The number of thiophene rings is 1. The van der Waals surface area contributed by atoms with Gasteiger partial charge in [-0.25, -0.2) is 4.39 Å². The molecule has 2 rings (SSSR count). The molecule has 1 heterocycles. The van der Waals surface area contributed by atoms with Gasteiger partial charge < -0.3 is 10.1 Å². The number of nitro groups is 1. The van der Waals surface area contributed by atoms with Crippen LogP contribution in [0.3, 0.4) is 0 Å². The Morgan fingerprint density at radius 3 is 2.86 bits per heavy atom. The Bertz CT molecular complexity index is 631. The van der Waals surface area contributed by atoms with Gasteiger partial charge >= 0.3 is 5.69 Å². The lowest BCUT2D eigenvalue weighted by atomic mass is 10.1. The fourth-order valence-corrected chi connectivity index (χ4v) is 2.72. The number of benzene rings is 1. The van der Waals surface area contributed by atoms with E-state index < -0.39 is 10.7 Å². The van der Waals surface area contributed by atoms with Crippen molar-refractivity contribution in [1.29, 1.82) is 0 Å². The third-order valence-corrected chi connectivity index (χ3v) is 3.72. The SMILES string of the molecule is COc1cc(NC(C)Cc2ccsc2)c(F)cc1[N+](=O)[O-]. The predicted octanol–water partition coefficient (Wildman–Crippen LogP) is 3.85. The molecular weight excluding hydrogens is 295 g/mol. The monoisotopic (exact) mass is 310 g/mol. The van der Waals surface area contributed by atoms with Crippen LogP contribution < -0.4 is 10.1 Å². The van der Waals surface area contributed by atoms with Crippen LogP contribution in [0, 0.1) is 15.9 Å². The van der Waals surface area contributed by atoms with E-state index in [1.54, 1.807) is 11.3 Å². The number of nitro benzene ring substituents is 1. The van der Waals surface area contributed by atoms with E-state index in [0.717, 1.165) is 18.1 Å². The second kappa shape index (κ2) is 6.53. The quantitative estimate of drug-likeness (QED) is 0.650. The molecule has 1 atom stereocenters. The highest BCUT2D eigenvalue weighted by Gasteiger charge is 2.20. The summed E-state index contributed by atoms with van der Waals surface area (Å²) in [4.78, 5) is 10.2. The first kappa shape index (κ1) is 15.2. The lowest BCUT2D eigenvalue weighted by Crippen LogP contribution is -2.18. The molecule has 0 aliphatic heterocycles. The molecule has 0 aliphatic carbocycles. The molecule has 0 fully saturated rings. The normalized spacial score (nSPS) is 12.0. The summed E-state index contributed by atoms with van der Waals surface area (Å²) in [7, 11) is 1.32. The largest absolute Gasteiger partial charge is 0.490 e. The molecule has 2 aromatic rings. The first-order valence-electron chi connectivity index (χ1n) is 6.30. The van der Waals surface area contributed by atoms with E-state index >= 15 is 0 Å². The van der Waals surface area contributed by atoms with Crippen LogP contribution in [0.5, 0.6) is 5.75 Å². The van der Waals surface area contributed by atoms with Gasteiger partial charge in [0.2, 0.25) is 0 Å². The number of ether oxygens (including phenoxy) is 1. The maximum Gasteiger partial charge on any atom is 0.313 e. The zero-order valence-electron chi connectivity index (χ0n) is 11.6. The molecule has 0 saturated carbocycles. The second-order valence-electron chi connectivity index (χ2n) is 4.64. The van der Waals surface area contributed by atoms with Crippen LogP contribution in [-0.2, 0) is 6.42 Å². The predicted molar refractivity (Wildman–Crippen MR) is 80.7 cm³/mol. The molecule has 0 saturated heterocycles. The molecule has 7 heteroatoms. The van der Waals surface area contributed by atoms with E-state index in [0.29, 0.717) is 0 Å². The summed E-state index contributed by atoms with van der Waals surface area (Å²) in [5.41, 5.74) is 0.973. The van der Waals surface area contributed by atoms with Crippen LogP contribution in [0.2, 0.25) is 0 Å². The van der Waals surface area contributed by atoms with E-state index in [9.17, 15) is 14.5 Å². The Kier molecular flexibility index (Phi) is 4.74. The molecule has 1 N–H and O–H groups in total. The summed E-state index contributed by atoms with van der Waals surface area (Å²) in [6, 6.07) is 4.19. The van der Waals surface area contributed by atoms with Crippen LogP contribution in [0.4, 0.5) is 15.8 Å². The van der Waals surface area contributed by atoms with Gasteiger partial charge in [-0.3, -0.25) is 10.1 Å². The van der Waals surface area contributed by atoms with E-state index in [1.165, 1.54) is 13.2 Å². The highest BCUT2D eigenvalue weighted by molar-refractivity contribution is 7.07. The fourth-order valence-electron chi connectivity index (χ4n) is 2.04. The Labute approximate surface area is 125 Å². The second-order valence-corrected chi connectivity index (χ2v) is 5.42. The molecule has 1 aromatic heterocycles. The highest BCUT2D eigenvalue weighted by atomic mass is 32.1. The maximum absolute atomic E-state index is 13.9. The van der Waals surface area contributed by atoms with Gasteiger partial charge in [-0.1, -0.05) is 0 Å². The Morgan fingerprint density at radius 2 is 2.29 bits per heavy atom. The van der Waals surface area contributed by atoms with Crippen molar-refractivity contribution in [3.8, 4) is 5.75 Å². The molecule has 1 unspecified atom stereocenters. The van der Waals surface area contributed by atoms with Gasteiger partial charge in [0, 0.05) is 12.1 Å². The third kappa shape index (κ3) is 3.69. The van der Waals surface area contributed by atoms with Crippen molar-refractivity contribution in [2.45, 2.75) is 19.4 Å². The molecule has 0 amide bonds. The van der Waals surface area contributed by atoms with Gasteiger partial charge in [0.25, 0.3) is 0 Å². The van der Waals surface area contributed by atoms with Crippen molar-refractivity contribution in [2.75, 3.05) is 12.4 Å². The Morgan fingerprint density at radius 1 is 1.52 bits per heavy atom. The van der Waals surface area contributed by atoms with Crippen LogP contribution in [0.1, 0.15) is 12.5 Å². The lowest BCUT2D eigenvalue weighted by molar-refractivity contribution is -0.385. The molecular formula is C14H15FN2O3S. The molecule has 0 bridgehead atoms. The molecule has 0 radical (unpaired) electrons. The number of rotatable bonds is 6. The number of hydrogen-bond acceptors (Lipinski definition) is 5. The van der Waals surface area contributed by atoms with Crippen molar-refractivity contribution in [3.05, 3.63) is 50.5 Å². The van der Waals surface area contributed by atoms with Crippen LogP contribution in [0.15, 0.2) is 29.0 Å². The summed E-state index contributed by atoms with van der Waals surface area (Å²) >= 11 is 1.61. The Balaban J connectivity index is 2.17. The van der Waals surface area contributed by atoms with Crippen molar-refractivity contribution >= 4 is 22.7 Å². The summed E-state index contributed by atoms with van der Waals surface area (Å²) in [6.07, 6.45) is 0.738. The van der Waals surface area contributed by atoms with Crippen molar-refractivity contribution < 1.29 is 14.1 Å². The fraction of sp³-hybridized carbons (Fsp3) is 0.286. The van der Waals surface area contributed by atoms with Crippen molar-refractivity contribution in [2.24, 2.45) is 0 Å². The van der Waals surface area contributed by atoms with Crippen LogP contribution >= 0.6 is 11.3 Å². The van der Waals surface area contributed by atoms with Crippen LogP contribution in [0.25, 0.3) is 0 Å². The number of hydrogen-bond donors (Lipinski definition) is 1. The molecule has 112 valence electrons. The maximum atomic E-state index is 13.9. The molecule has 5 nitrogen and oxygen atoms in total. The Hall–Kier alpha value is -2.15. The topological polar surface area (TPSA) is 64.4 Å². The summed E-state index contributed by atoms with van der Waals surface area (Å²) < 4.78 is 18.9. The standard InChI is InChI=1S/C14H15FN2O3S/c1-9(5-10-3-4-21-8-10)16-12-7-14(20-2)13(17(18)19)6-11(12)15/h3-4,6-9,16H,5H2,1-2H3. The molecule has 21 heavy (non-hydrogen) atoms. The first-order chi connectivity index (χ1) is 10.0. The number of anilines is 1. The molecule has 0 spiro atoms. The van der Waals surface area contributed by atoms with E-state index in [2.05, 4.69) is 5.32 Å². The van der Waals surface area contributed by atoms with Crippen molar-refractivity contribution in [1.82, 2.24) is 0 Å². The smallest absolute Gasteiger partial charge is 0.313 e. The first-order valence-corrected chi connectivity index (χ1v) is 7.25. The molecule has 0 aliphatic rings. The molecule has 1 aromatic carbocycles. The van der Waals surface area contributed by atoms with E-state index in [1.807, 2.05) is 23.8 Å². The third-order valence-electron chi connectivity index (χ3n) is 2.99. The average Bonchev–Trinajstić information content (AvgIpc) is 2.93. The zero-order valence-corrected chi connectivity index (χ0v) is 12.4. The van der Waals surface area contributed by atoms with E-state index in [-0.39, 0.29) is 23.2 Å². The lowest BCUT2D eigenvalue weighted by Gasteiger charge is -2.16. The zero-order chi connectivity index (χ0) is 15.4. The summed E-state index contributed by atoms with van der Waals surface area (Å²) in [5.74, 6) is -0.633. The summed E-state index contributed by atoms with van der Waals surface area (Å²) in [5, 5.41) is 17.9. The highest BCUT2D eigenvalue weighted by Crippen LogP contribution is 2.32. The van der Waals surface area contributed by atoms with Gasteiger partial charge in [0.15, 0.2) is 11.6 Å². The van der Waals surface area contributed by atoms with Gasteiger partial charge in [-0.2, -0.15) is 11.3 Å². The van der Waals surface area contributed by atoms with Gasteiger partial charge in [-0.15, -0.1) is 0 Å². The minimum atomic E-state index is -0.667. The van der Waals surface area contributed by atoms with Crippen LogP contribution in [-0.4, -0.2) is 18.1 Å². The number of nitrogens with one attached hydrogen (secondary N) is 1. The minimum absolute atomic E-state index is 0.0136. The van der Waals surface area contributed by atoms with Gasteiger partial charge in [0.05, 0.1) is 23.8 Å². The van der Waals surface area contributed by atoms with Crippen molar-refractivity contribution in [3.63, 3.8) is 0 Å². The number of nitrogens with zero attached hydrogens (tertiary/aromatic N) is 1. The van der Waals surface area contributed by atoms with Gasteiger partial charge in [-0.05, 0) is 35.7 Å². The van der Waals surface area contributed by atoms with E-state index in [4.69, 9.17) is 4.74 Å². The average molecular weight is 310 g/mol. The number of methoxy groups -OCH3 is 1. The minimum Gasteiger partial charge on any atom is -0.490 e. The number of halogens is 1. The van der Waals surface area contributed by atoms with Gasteiger partial charge in [0.1, 0.15) is 0 Å². The summed E-state index contributed by atoms with van der Waals surface area (Å²) in [6.45, 7) is 1.92.